The minimum Gasteiger partial charge on any atom is -0.497 e. The number of hydrogen-bond acceptors (Lipinski definition) is 5. The van der Waals surface area contributed by atoms with Crippen LogP contribution in [0.5, 0.6) is 11.5 Å². The minimum absolute atomic E-state index is 0.0655. The Labute approximate surface area is 119 Å². The van der Waals surface area contributed by atoms with Crippen molar-refractivity contribution in [2.24, 2.45) is 11.8 Å². The van der Waals surface area contributed by atoms with E-state index < -0.39 is 18.0 Å². The van der Waals surface area contributed by atoms with E-state index >= 15 is 0 Å². The number of hydrogen-bond donors (Lipinski definition) is 1. The fourth-order valence-corrected chi connectivity index (χ4v) is 2.16. The Balaban J connectivity index is 3.17. The molecule has 20 heavy (non-hydrogen) atoms. The highest BCUT2D eigenvalue weighted by Gasteiger charge is 2.33. The van der Waals surface area contributed by atoms with Crippen LogP contribution in [0.1, 0.15) is 25.5 Å². The molecule has 0 aliphatic rings. The molecule has 0 amide bonds. The van der Waals surface area contributed by atoms with Gasteiger partial charge >= 0.3 is 5.97 Å². The molecule has 2 atom stereocenters. The van der Waals surface area contributed by atoms with Crippen molar-refractivity contribution in [2.75, 3.05) is 21.3 Å². The van der Waals surface area contributed by atoms with Crippen molar-refractivity contribution in [3.8, 4) is 11.5 Å². The van der Waals surface area contributed by atoms with E-state index in [1.807, 2.05) is 13.8 Å². The topological polar surface area (TPSA) is 65.0 Å². The van der Waals surface area contributed by atoms with Gasteiger partial charge in [0.15, 0.2) is 0 Å². The molecular weight excluding hydrogens is 260 g/mol. The number of aliphatic hydroxyl groups is 1. The summed E-state index contributed by atoms with van der Waals surface area (Å²) >= 11 is 0. The highest BCUT2D eigenvalue weighted by molar-refractivity contribution is 5.73. The molecule has 1 aromatic rings. The van der Waals surface area contributed by atoms with Crippen LogP contribution in [0.4, 0.5) is 0 Å². The largest absolute Gasteiger partial charge is 0.497 e. The summed E-state index contributed by atoms with van der Waals surface area (Å²) in [6.07, 6.45) is -0.997. The maximum atomic E-state index is 11.8. The van der Waals surface area contributed by atoms with Crippen LogP contribution in [-0.2, 0) is 9.53 Å². The van der Waals surface area contributed by atoms with E-state index in [2.05, 4.69) is 0 Å². The first-order valence-electron chi connectivity index (χ1n) is 6.44. The Morgan fingerprint density at radius 2 is 1.80 bits per heavy atom. The summed E-state index contributed by atoms with van der Waals surface area (Å²) in [5.41, 5.74) is 0.539. The minimum atomic E-state index is -0.997. The molecule has 0 saturated carbocycles. The fourth-order valence-electron chi connectivity index (χ4n) is 2.16. The number of methoxy groups -OCH3 is 3. The molecule has 5 heteroatoms. The molecule has 1 N–H and O–H groups in total. The standard InChI is InChI=1S/C15H22O5/c1-9(2)13(15(17)20-5)14(16)11-7-6-10(18-3)8-12(11)19-4/h6-9,13-14,16H,1-5H3. The van der Waals surface area contributed by atoms with Crippen LogP contribution >= 0.6 is 0 Å². The molecule has 5 nitrogen and oxygen atoms in total. The van der Waals surface area contributed by atoms with Crippen molar-refractivity contribution in [3.63, 3.8) is 0 Å². The van der Waals surface area contributed by atoms with Crippen molar-refractivity contribution in [3.05, 3.63) is 23.8 Å². The Morgan fingerprint density at radius 1 is 1.15 bits per heavy atom. The predicted molar refractivity (Wildman–Crippen MR) is 74.8 cm³/mol. The molecule has 1 rings (SSSR count). The zero-order valence-corrected chi connectivity index (χ0v) is 12.5. The highest BCUT2D eigenvalue weighted by Crippen LogP contribution is 2.36. The molecule has 2 unspecified atom stereocenters. The highest BCUT2D eigenvalue weighted by atomic mass is 16.5. The third kappa shape index (κ3) is 3.42. The van der Waals surface area contributed by atoms with E-state index in [1.54, 1.807) is 25.3 Å². The lowest BCUT2D eigenvalue weighted by Crippen LogP contribution is -2.28. The smallest absolute Gasteiger partial charge is 0.311 e. The number of esters is 1. The van der Waals surface area contributed by atoms with Gasteiger partial charge in [0.25, 0.3) is 0 Å². The van der Waals surface area contributed by atoms with Gasteiger partial charge in [-0.25, -0.2) is 0 Å². The van der Waals surface area contributed by atoms with Gasteiger partial charge in [-0.3, -0.25) is 4.79 Å². The molecule has 0 bridgehead atoms. The van der Waals surface area contributed by atoms with Crippen molar-refractivity contribution in [2.45, 2.75) is 20.0 Å². The first-order valence-corrected chi connectivity index (χ1v) is 6.44. The molecule has 0 aliphatic carbocycles. The van der Waals surface area contributed by atoms with Gasteiger partial charge in [0.2, 0.25) is 0 Å². The molecule has 0 fully saturated rings. The van der Waals surface area contributed by atoms with Gasteiger partial charge < -0.3 is 19.3 Å². The van der Waals surface area contributed by atoms with Crippen LogP contribution in [0.15, 0.2) is 18.2 Å². The first kappa shape index (κ1) is 16.3. The van der Waals surface area contributed by atoms with E-state index in [4.69, 9.17) is 14.2 Å². The number of carbonyl (C=O) groups excluding carboxylic acids is 1. The molecule has 0 aliphatic heterocycles. The Kier molecular flexibility index (Phi) is 5.82. The summed E-state index contributed by atoms with van der Waals surface area (Å²) in [4.78, 5) is 11.8. The predicted octanol–water partition coefficient (Wildman–Crippen LogP) is 2.18. The lowest BCUT2D eigenvalue weighted by Gasteiger charge is -2.25. The van der Waals surface area contributed by atoms with E-state index in [-0.39, 0.29) is 5.92 Å². The Bertz CT molecular complexity index is 456. The van der Waals surface area contributed by atoms with E-state index in [0.717, 1.165) is 0 Å². The third-order valence-electron chi connectivity index (χ3n) is 3.29. The number of rotatable bonds is 6. The van der Waals surface area contributed by atoms with Crippen molar-refractivity contribution >= 4 is 5.97 Å². The zero-order chi connectivity index (χ0) is 15.3. The van der Waals surface area contributed by atoms with Crippen LogP contribution in [0.25, 0.3) is 0 Å². The average Bonchev–Trinajstić information content (AvgIpc) is 2.45. The number of ether oxygens (including phenoxy) is 3. The molecule has 1 aromatic carbocycles. The second-order valence-electron chi connectivity index (χ2n) is 4.85. The normalized spacial score (nSPS) is 13.8. The maximum absolute atomic E-state index is 11.8. The summed E-state index contributed by atoms with van der Waals surface area (Å²) in [5, 5.41) is 10.5. The second-order valence-corrected chi connectivity index (χ2v) is 4.85. The monoisotopic (exact) mass is 282 g/mol. The summed E-state index contributed by atoms with van der Waals surface area (Å²) in [6, 6.07) is 5.09. The molecule has 0 radical (unpaired) electrons. The van der Waals surface area contributed by atoms with E-state index in [9.17, 15) is 9.90 Å². The van der Waals surface area contributed by atoms with Crippen molar-refractivity contribution in [1.29, 1.82) is 0 Å². The average molecular weight is 282 g/mol. The zero-order valence-electron chi connectivity index (χ0n) is 12.5. The van der Waals surface area contributed by atoms with Gasteiger partial charge in [0, 0.05) is 11.6 Å². The van der Waals surface area contributed by atoms with Crippen LogP contribution in [-0.4, -0.2) is 32.4 Å². The van der Waals surface area contributed by atoms with Crippen molar-refractivity contribution < 1.29 is 24.1 Å². The van der Waals surface area contributed by atoms with Crippen molar-refractivity contribution in [1.82, 2.24) is 0 Å². The number of benzene rings is 1. The van der Waals surface area contributed by atoms with Crippen LogP contribution in [0, 0.1) is 11.8 Å². The maximum Gasteiger partial charge on any atom is 0.311 e. The quantitative estimate of drug-likeness (QED) is 0.810. The van der Waals surface area contributed by atoms with Gasteiger partial charge in [-0.15, -0.1) is 0 Å². The first-order chi connectivity index (χ1) is 9.46. The van der Waals surface area contributed by atoms with E-state index in [0.29, 0.717) is 17.1 Å². The lowest BCUT2D eigenvalue weighted by atomic mass is 9.86. The van der Waals surface area contributed by atoms with Crippen LogP contribution in [0.3, 0.4) is 0 Å². The fraction of sp³-hybridized carbons (Fsp3) is 0.533. The van der Waals surface area contributed by atoms with Crippen LogP contribution in [0.2, 0.25) is 0 Å². The molecule has 0 aromatic heterocycles. The summed E-state index contributed by atoms with van der Waals surface area (Å²) < 4.78 is 15.1. The van der Waals surface area contributed by atoms with Crippen LogP contribution < -0.4 is 9.47 Å². The van der Waals surface area contributed by atoms with Gasteiger partial charge in [-0.2, -0.15) is 0 Å². The molecule has 0 saturated heterocycles. The second kappa shape index (κ2) is 7.14. The number of aliphatic hydroxyl groups excluding tert-OH is 1. The van der Waals surface area contributed by atoms with Gasteiger partial charge in [0.1, 0.15) is 11.5 Å². The molecular formula is C15H22O5. The van der Waals surface area contributed by atoms with Gasteiger partial charge in [-0.1, -0.05) is 13.8 Å². The molecule has 112 valence electrons. The summed E-state index contributed by atoms with van der Waals surface area (Å²) in [7, 11) is 4.37. The Morgan fingerprint density at radius 3 is 2.25 bits per heavy atom. The van der Waals surface area contributed by atoms with Gasteiger partial charge in [0.05, 0.1) is 33.4 Å². The summed E-state index contributed by atoms with van der Waals surface area (Å²) in [6.45, 7) is 3.72. The SMILES string of the molecule is COC(=O)C(C(C)C)C(O)c1ccc(OC)cc1OC. The Hall–Kier alpha value is -1.75. The van der Waals surface area contributed by atoms with Gasteiger partial charge in [-0.05, 0) is 18.1 Å². The number of carbonyl (C=O) groups is 1. The summed E-state index contributed by atoms with van der Waals surface area (Å²) in [5.74, 6) is -0.0553. The third-order valence-corrected chi connectivity index (χ3v) is 3.29. The van der Waals surface area contributed by atoms with E-state index in [1.165, 1.54) is 14.2 Å². The lowest BCUT2D eigenvalue weighted by molar-refractivity contribution is -0.152. The molecule has 0 heterocycles. The molecule has 0 spiro atoms.